The summed E-state index contributed by atoms with van der Waals surface area (Å²) in [6.07, 6.45) is 9.62. The molecule has 1 radical (unpaired) electrons. The van der Waals surface area contributed by atoms with Gasteiger partial charge in [0.15, 0.2) is 0 Å². The fourth-order valence-electron chi connectivity index (χ4n) is 0.996. The van der Waals surface area contributed by atoms with Gasteiger partial charge in [-0.1, -0.05) is 5.92 Å². The molecule has 0 aliphatic carbocycles. The smallest absolute Gasteiger partial charge is 0.113 e. The summed E-state index contributed by atoms with van der Waals surface area (Å²) in [7, 11) is 0. The number of aromatic nitrogens is 2. The topological polar surface area (TPSA) is 25.8 Å². The molecule has 0 N–H and O–H groups in total. The van der Waals surface area contributed by atoms with Crippen LogP contribution in [0, 0.1) is 18.5 Å². The SMILES string of the molecule is C#Cc1ccc2cn[c]cc2n1. The molecule has 0 bridgehead atoms. The second-order valence-electron chi connectivity index (χ2n) is 2.35. The predicted octanol–water partition coefficient (Wildman–Crippen LogP) is 1.41. The Morgan fingerprint density at radius 2 is 2.33 bits per heavy atom. The van der Waals surface area contributed by atoms with Gasteiger partial charge in [0.2, 0.25) is 0 Å². The Morgan fingerprint density at radius 3 is 3.17 bits per heavy atom. The van der Waals surface area contributed by atoms with E-state index in [1.807, 2.05) is 6.07 Å². The highest BCUT2D eigenvalue weighted by atomic mass is 14.7. The van der Waals surface area contributed by atoms with E-state index in [9.17, 15) is 0 Å². The van der Waals surface area contributed by atoms with Crippen LogP contribution < -0.4 is 0 Å². The number of fused-ring (bicyclic) bond motifs is 1. The van der Waals surface area contributed by atoms with Gasteiger partial charge < -0.3 is 0 Å². The van der Waals surface area contributed by atoms with Crippen LogP contribution in [0.3, 0.4) is 0 Å². The van der Waals surface area contributed by atoms with Crippen molar-refractivity contribution in [1.29, 1.82) is 0 Å². The van der Waals surface area contributed by atoms with Crippen molar-refractivity contribution < 1.29 is 0 Å². The molecule has 0 fully saturated rings. The summed E-state index contributed by atoms with van der Waals surface area (Å²) in [5, 5.41) is 0.979. The normalized spacial score (nSPS) is 9.58. The molecule has 2 rings (SSSR count). The average Bonchev–Trinajstić information content (AvgIpc) is 2.17. The summed E-state index contributed by atoms with van der Waals surface area (Å²) < 4.78 is 0. The van der Waals surface area contributed by atoms with Gasteiger partial charge in [-0.25, -0.2) is 4.98 Å². The number of nitrogens with zero attached hydrogens (tertiary/aromatic N) is 2. The van der Waals surface area contributed by atoms with E-state index in [4.69, 9.17) is 6.42 Å². The molecule has 0 aliphatic heterocycles. The van der Waals surface area contributed by atoms with Gasteiger partial charge in [0.1, 0.15) is 5.69 Å². The summed E-state index contributed by atoms with van der Waals surface area (Å²) in [6.45, 7) is 0. The highest BCUT2D eigenvalue weighted by Crippen LogP contribution is 2.08. The molecule has 0 spiro atoms. The van der Waals surface area contributed by atoms with Crippen molar-refractivity contribution in [2.45, 2.75) is 0 Å². The van der Waals surface area contributed by atoms with Crippen molar-refractivity contribution in [1.82, 2.24) is 9.97 Å². The molecule has 0 aliphatic rings. The zero-order chi connectivity index (χ0) is 8.39. The van der Waals surface area contributed by atoms with Gasteiger partial charge in [-0.3, -0.25) is 4.98 Å². The van der Waals surface area contributed by atoms with E-state index in [-0.39, 0.29) is 0 Å². The molecule has 0 amide bonds. The van der Waals surface area contributed by atoms with E-state index in [1.165, 1.54) is 0 Å². The minimum absolute atomic E-state index is 0.641. The van der Waals surface area contributed by atoms with Gasteiger partial charge in [0.25, 0.3) is 0 Å². The van der Waals surface area contributed by atoms with Gasteiger partial charge >= 0.3 is 0 Å². The number of hydrogen-bond donors (Lipinski definition) is 0. The molecule has 2 heterocycles. The summed E-state index contributed by atoms with van der Waals surface area (Å²) >= 11 is 0. The van der Waals surface area contributed by atoms with Crippen LogP contribution in [0.2, 0.25) is 0 Å². The van der Waals surface area contributed by atoms with Gasteiger partial charge in [0.05, 0.1) is 11.7 Å². The molecular formula is C10H5N2. The Labute approximate surface area is 70.3 Å². The molecule has 0 aromatic carbocycles. The monoisotopic (exact) mass is 153 g/mol. The zero-order valence-electron chi connectivity index (χ0n) is 6.28. The predicted molar refractivity (Wildman–Crippen MR) is 46.3 cm³/mol. The van der Waals surface area contributed by atoms with Crippen molar-refractivity contribution in [3.05, 3.63) is 36.3 Å². The lowest BCUT2D eigenvalue weighted by atomic mass is 10.2. The highest BCUT2D eigenvalue weighted by Gasteiger charge is 1.93. The van der Waals surface area contributed by atoms with Crippen molar-refractivity contribution >= 4 is 10.9 Å². The Morgan fingerprint density at radius 1 is 1.42 bits per heavy atom. The first-order valence-electron chi connectivity index (χ1n) is 3.49. The van der Waals surface area contributed by atoms with Crippen LogP contribution in [-0.4, -0.2) is 9.97 Å². The van der Waals surface area contributed by atoms with Gasteiger partial charge in [-0.2, -0.15) is 0 Å². The van der Waals surface area contributed by atoms with Gasteiger partial charge in [-0.05, 0) is 18.2 Å². The molecular weight excluding hydrogens is 148 g/mol. The van der Waals surface area contributed by atoms with Crippen LogP contribution in [-0.2, 0) is 0 Å². The van der Waals surface area contributed by atoms with Crippen molar-refractivity contribution in [3.63, 3.8) is 0 Å². The minimum atomic E-state index is 0.641. The highest BCUT2D eigenvalue weighted by molar-refractivity contribution is 5.77. The van der Waals surface area contributed by atoms with Crippen molar-refractivity contribution in [2.24, 2.45) is 0 Å². The Hall–Kier alpha value is -1.88. The van der Waals surface area contributed by atoms with E-state index in [0.29, 0.717) is 5.69 Å². The van der Waals surface area contributed by atoms with Gasteiger partial charge in [0, 0.05) is 11.6 Å². The fourth-order valence-corrected chi connectivity index (χ4v) is 0.996. The molecule has 2 aromatic heterocycles. The largest absolute Gasteiger partial charge is 0.254 e. The minimum Gasteiger partial charge on any atom is -0.254 e. The molecule has 0 unspecified atom stereocenters. The third-order valence-corrected chi connectivity index (χ3v) is 1.58. The van der Waals surface area contributed by atoms with Crippen molar-refractivity contribution in [2.75, 3.05) is 0 Å². The number of pyridine rings is 2. The summed E-state index contributed by atoms with van der Waals surface area (Å²) in [5.74, 6) is 2.47. The maximum Gasteiger partial charge on any atom is 0.113 e. The lowest BCUT2D eigenvalue weighted by molar-refractivity contribution is 1.30. The van der Waals surface area contributed by atoms with Crippen molar-refractivity contribution in [3.8, 4) is 12.3 Å². The number of terminal acetylenes is 1. The standard InChI is InChI=1S/C10H5N2/c1-2-9-4-3-8-7-11-6-5-10(8)12-9/h1,3-5,7H. The van der Waals surface area contributed by atoms with Crippen LogP contribution in [0.5, 0.6) is 0 Å². The van der Waals surface area contributed by atoms with Crippen LogP contribution in [0.4, 0.5) is 0 Å². The first kappa shape index (κ1) is 6.81. The first-order valence-corrected chi connectivity index (χ1v) is 3.49. The van der Waals surface area contributed by atoms with Crippen LogP contribution in [0.15, 0.2) is 24.4 Å². The lowest BCUT2D eigenvalue weighted by Crippen LogP contribution is -1.84. The van der Waals surface area contributed by atoms with Crippen LogP contribution in [0.25, 0.3) is 10.9 Å². The van der Waals surface area contributed by atoms with Crippen LogP contribution in [0.1, 0.15) is 5.69 Å². The van der Waals surface area contributed by atoms with E-state index < -0.39 is 0 Å². The maximum absolute atomic E-state index is 5.20. The van der Waals surface area contributed by atoms with E-state index in [1.54, 1.807) is 18.3 Å². The number of rotatable bonds is 0. The second-order valence-corrected chi connectivity index (χ2v) is 2.35. The van der Waals surface area contributed by atoms with E-state index >= 15 is 0 Å². The quantitative estimate of drug-likeness (QED) is 0.535. The molecule has 0 atom stereocenters. The van der Waals surface area contributed by atoms with E-state index in [0.717, 1.165) is 10.9 Å². The molecule has 2 aromatic rings. The molecule has 2 nitrogen and oxygen atoms in total. The average molecular weight is 153 g/mol. The molecule has 55 valence electrons. The lowest BCUT2D eigenvalue weighted by Gasteiger charge is -1.94. The van der Waals surface area contributed by atoms with Gasteiger partial charge in [-0.15, -0.1) is 6.42 Å². The molecule has 2 heteroatoms. The summed E-state index contributed by atoms with van der Waals surface area (Å²) in [5.41, 5.74) is 1.47. The third-order valence-electron chi connectivity index (χ3n) is 1.58. The Balaban J connectivity index is 2.78. The zero-order valence-corrected chi connectivity index (χ0v) is 6.28. The second kappa shape index (κ2) is 2.63. The molecule has 12 heavy (non-hydrogen) atoms. The Kier molecular flexibility index (Phi) is 1.49. The number of hydrogen-bond acceptors (Lipinski definition) is 2. The maximum atomic E-state index is 5.20. The molecule has 0 saturated carbocycles. The summed E-state index contributed by atoms with van der Waals surface area (Å²) in [4.78, 5) is 8.04. The van der Waals surface area contributed by atoms with E-state index in [2.05, 4.69) is 22.1 Å². The summed E-state index contributed by atoms with van der Waals surface area (Å²) in [6, 6.07) is 5.42. The Bertz CT molecular complexity index is 455. The fraction of sp³-hybridized carbons (Fsp3) is 0. The third kappa shape index (κ3) is 1.02. The molecule has 0 saturated heterocycles. The first-order chi connectivity index (χ1) is 5.90. The van der Waals surface area contributed by atoms with Crippen LogP contribution >= 0.6 is 0 Å².